The molecule has 114 valence electrons. The first kappa shape index (κ1) is 16.7. The number of rotatable bonds is 3. The van der Waals surface area contributed by atoms with Crippen molar-refractivity contribution in [3.05, 3.63) is 57.0 Å². The third kappa shape index (κ3) is 3.96. The van der Waals surface area contributed by atoms with E-state index in [-0.39, 0.29) is 24.3 Å². The smallest absolute Gasteiger partial charge is 0.123 e. The Morgan fingerprint density at radius 3 is 2.57 bits per heavy atom. The van der Waals surface area contributed by atoms with E-state index >= 15 is 0 Å². The van der Waals surface area contributed by atoms with Crippen molar-refractivity contribution in [1.29, 1.82) is 0 Å². The third-order valence-electron chi connectivity index (χ3n) is 3.54. The minimum Gasteiger partial charge on any atom is -0.314 e. The quantitative estimate of drug-likeness (QED) is 0.904. The summed E-state index contributed by atoms with van der Waals surface area (Å²) in [6, 6.07) is 10.9. The van der Waals surface area contributed by atoms with Gasteiger partial charge in [0, 0.05) is 31.1 Å². The molecule has 1 saturated heterocycles. The molecule has 2 nitrogen and oxygen atoms in total. The molecule has 1 aromatic heterocycles. The molecular formula is C15H17Cl2FN2S. The number of benzene rings is 1. The van der Waals surface area contributed by atoms with Crippen LogP contribution in [0.25, 0.3) is 0 Å². The molecule has 0 bridgehead atoms. The van der Waals surface area contributed by atoms with E-state index in [4.69, 9.17) is 11.6 Å². The van der Waals surface area contributed by atoms with Crippen LogP contribution in [0.5, 0.6) is 0 Å². The fourth-order valence-corrected chi connectivity index (χ4v) is 3.87. The van der Waals surface area contributed by atoms with E-state index in [1.54, 1.807) is 23.5 Å². The second kappa shape index (κ2) is 7.56. The third-order valence-corrected chi connectivity index (χ3v) is 4.83. The molecular weight excluding hydrogens is 330 g/mol. The van der Waals surface area contributed by atoms with E-state index in [9.17, 15) is 4.39 Å². The predicted molar refractivity (Wildman–Crippen MR) is 89.3 cm³/mol. The highest BCUT2D eigenvalue weighted by Crippen LogP contribution is 2.35. The Hall–Kier alpha value is -0.650. The highest BCUT2D eigenvalue weighted by molar-refractivity contribution is 7.16. The summed E-state index contributed by atoms with van der Waals surface area (Å²) in [5.74, 6) is -0.190. The maximum atomic E-state index is 13.6. The molecule has 0 spiro atoms. The van der Waals surface area contributed by atoms with E-state index in [1.807, 2.05) is 18.2 Å². The predicted octanol–water partition coefficient (Wildman–Crippen LogP) is 3.96. The zero-order valence-electron chi connectivity index (χ0n) is 11.4. The molecule has 2 aromatic rings. The van der Waals surface area contributed by atoms with Crippen molar-refractivity contribution in [2.45, 2.75) is 6.04 Å². The van der Waals surface area contributed by atoms with Crippen LogP contribution in [0, 0.1) is 5.82 Å². The maximum absolute atomic E-state index is 13.6. The Bertz CT molecular complexity index is 585. The average Bonchev–Trinajstić information content (AvgIpc) is 2.87. The molecule has 1 aromatic carbocycles. The molecule has 1 fully saturated rings. The molecule has 6 heteroatoms. The lowest BCUT2D eigenvalue weighted by atomic mass is 10.0. The Morgan fingerprint density at radius 2 is 1.95 bits per heavy atom. The molecule has 0 unspecified atom stereocenters. The monoisotopic (exact) mass is 346 g/mol. The van der Waals surface area contributed by atoms with E-state index in [2.05, 4.69) is 10.2 Å². The lowest BCUT2D eigenvalue weighted by Gasteiger charge is -2.34. The van der Waals surface area contributed by atoms with Crippen LogP contribution >= 0.6 is 35.3 Å². The van der Waals surface area contributed by atoms with Gasteiger partial charge in [-0.3, -0.25) is 4.90 Å². The molecule has 3 rings (SSSR count). The Kier molecular flexibility index (Phi) is 6.02. The number of hydrogen-bond acceptors (Lipinski definition) is 3. The van der Waals surface area contributed by atoms with Crippen LogP contribution in [0.3, 0.4) is 0 Å². The normalized spacial score (nSPS) is 17.2. The standard InChI is InChI=1S/C15H16ClFN2S.ClH/c16-14-5-4-13(20-14)15(19-8-6-18-7-9-19)11-2-1-3-12(17)10-11;/h1-5,10,15,18H,6-9H2;1H/t15-;/m0./s1. The number of halogens is 3. The molecule has 1 aliphatic heterocycles. The molecule has 0 aliphatic carbocycles. The largest absolute Gasteiger partial charge is 0.314 e. The van der Waals surface area contributed by atoms with Gasteiger partial charge in [-0.05, 0) is 29.8 Å². The van der Waals surface area contributed by atoms with Gasteiger partial charge in [-0.2, -0.15) is 0 Å². The second-order valence-corrected chi connectivity index (χ2v) is 6.63. The van der Waals surface area contributed by atoms with E-state index < -0.39 is 0 Å². The van der Waals surface area contributed by atoms with E-state index in [1.165, 1.54) is 10.9 Å². The molecule has 1 atom stereocenters. The van der Waals surface area contributed by atoms with Crippen molar-refractivity contribution in [1.82, 2.24) is 10.2 Å². The SMILES string of the molecule is Cl.Fc1cccc([C@@H](c2ccc(Cl)s2)N2CCNCC2)c1. The fraction of sp³-hybridized carbons (Fsp3) is 0.333. The number of hydrogen-bond donors (Lipinski definition) is 1. The Morgan fingerprint density at radius 1 is 1.19 bits per heavy atom. The first-order valence-electron chi connectivity index (χ1n) is 6.69. The topological polar surface area (TPSA) is 15.3 Å². The molecule has 1 aliphatic rings. The highest BCUT2D eigenvalue weighted by atomic mass is 35.5. The second-order valence-electron chi connectivity index (χ2n) is 4.89. The van der Waals surface area contributed by atoms with Gasteiger partial charge in [-0.15, -0.1) is 23.7 Å². The van der Waals surface area contributed by atoms with Crippen molar-refractivity contribution in [3.63, 3.8) is 0 Å². The van der Waals surface area contributed by atoms with E-state index in [0.717, 1.165) is 36.1 Å². The molecule has 21 heavy (non-hydrogen) atoms. The molecule has 1 N–H and O–H groups in total. The minimum absolute atomic E-state index is 0. The van der Waals surface area contributed by atoms with Gasteiger partial charge in [0.25, 0.3) is 0 Å². The van der Waals surface area contributed by atoms with Gasteiger partial charge in [0.15, 0.2) is 0 Å². The Labute approximate surface area is 139 Å². The summed E-state index contributed by atoms with van der Waals surface area (Å²) in [7, 11) is 0. The summed E-state index contributed by atoms with van der Waals surface area (Å²) in [6.45, 7) is 3.84. The number of nitrogens with one attached hydrogen (secondary N) is 1. The molecule has 0 saturated carbocycles. The zero-order valence-corrected chi connectivity index (χ0v) is 13.8. The van der Waals surface area contributed by atoms with Gasteiger partial charge in [0.2, 0.25) is 0 Å². The van der Waals surface area contributed by atoms with Gasteiger partial charge < -0.3 is 5.32 Å². The van der Waals surface area contributed by atoms with Gasteiger partial charge in [0.1, 0.15) is 5.82 Å². The van der Waals surface area contributed by atoms with Crippen LogP contribution in [0.1, 0.15) is 16.5 Å². The fourth-order valence-electron chi connectivity index (χ4n) is 2.65. The van der Waals surface area contributed by atoms with Crippen LogP contribution in [0.4, 0.5) is 4.39 Å². The highest BCUT2D eigenvalue weighted by Gasteiger charge is 2.25. The summed E-state index contributed by atoms with van der Waals surface area (Å²) in [5, 5.41) is 3.35. The maximum Gasteiger partial charge on any atom is 0.123 e. The summed E-state index contributed by atoms with van der Waals surface area (Å²) >= 11 is 7.65. The first-order valence-corrected chi connectivity index (χ1v) is 7.89. The molecule has 0 amide bonds. The number of thiophene rings is 1. The van der Waals surface area contributed by atoms with Crippen LogP contribution in [-0.4, -0.2) is 31.1 Å². The summed E-state index contributed by atoms with van der Waals surface area (Å²) in [4.78, 5) is 3.55. The van der Waals surface area contributed by atoms with Crippen LogP contribution in [0.15, 0.2) is 36.4 Å². The van der Waals surface area contributed by atoms with Crippen LogP contribution in [0.2, 0.25) is 4.34 Å². The lowest BCUT2D eigenvalue weighted by molar-refractivity contribution is 0.200. The zero-order chi connectivity index (χ0) is 13.9. The number of piperazine rings is 1. The van der Waals surface area contributed by atoms with E-state index in [0.29, 0.717) is 0 Å². The van der Waals surface area contributed by atoms with Gasteiger partial charge in [-0.25, -0.2) is 4.39 Å². The van der Waals surface area contributed by atoms with Crippen LogP contribution < -0.4 is 5.32 Å². The lowest BCUT2D eigenvalue weighted by Crippen LogP contribution is -2.45. The van der Waals surface area contributed by atoms with Crippen molar-refractivity contribution >= 4 is 35.3 Å². The average molecular weight is 347 g/mol. The van der Waals surface area contributed by atoms with Crippen molar-refractivity contribution in [2.24, 2.45) is 0 Å². The number of nitrogens with zero attached hydrogens (tertiary/aromatic N) is 1. The van der Waals surface area contributed by atoms with Crippen molar-refractivity contribution in [3.8, 4) is 0 Å². The van der Waals surface area contributed by atoms with Crippen molar-refractivity contribution in [2.75, 3.05) is 26.2 Å². The minimum atomic E-state index is -0.190. The van der Waals surface area contributed by atoms with Gasteiger partial charge in [-0.1, -0.05) is 23.7 Å². The molecule has 2 heterocycles. The summed E-state index contributed by atoms with van der Waals surface area (Å²) in [6.07, 6.45) is 0. The van der Waals surface area contributed by atoms with Gasteiger partial charge in [0.05, 0.1) is 10.4 Å². The first-order chi connectivity index (χ1) is 9.74. The van der Waals surface area contributed by atoms with Gasteiger partial charge >= 0.3 is 0 Å². The Balaban J connectivity index is 0.00000161. The summed E-state index contributed by atoms with van der Waals surface area (Å²) in [5.41, 5.74) is 0.991. The molecule has 0 radical (unpaired) electrons. The summed E-state index contributed by atoms with van der Waals surface area (Å²) < 4.78 is 14.3. The van der Waals surface area contributed by atoms with Crippen LogP contribution in [-0.2, 0) is 0 Å². The van der Waals surface area contributed by atoms with Crippen molar-refractivity contribution < 1.29 is 4.39 Å².